The number of terminal acetylenes is 1. The van der Waals surface area contributed by atoms with Gasteiger partial charge in [0, 0.05) is 0 Å². The molecule has 58 valence electrons. The summed E-state index contributed by atoms with van der Waals surface area (Å²) in [6, 6.07) is 0. The average Bonchev–Trinajstić information content (AvgIpc) is 2.10. The van der Waals surface area contributed by atoms with Crippen molar-refractivity contribution in [2.45, 2.75) is 45.4 Å². The summed E-state index contributed by atoms with van der Waals surface area (Å²) in [6.07, 6.45) is 16.9. The largest absolute Gasteiger partial charge is 0.124 e. The van der Waals surface area contributed by atoms with E-state index in [4.69, 9.17) is 0 Å². The topological polar surface area (TPSA) is 0 Å². The highest BCUT2D eigenvalue weighted by Crippen LogP contribution is 2.25. The molecular formula is C10H18. The van der Waals surface area contributed by atoms with Gasteiger partial charge in [-0.1, -0.05) is 45.4 Å². The standard InChI is InChI=1S/C8H16.C2H2/c1-2-8-6-4-3-5-7-8;1-2/h8H,2-7H2,1H3;1-2H. The van der Waals surface area contributed by atoms with Crippen LogP contribution in [0.4, 0.5) is 0 Å². The Morgan fingerprint density at radius 1 is 1.10 bits per heavy atom. The third kappa shape index (κ3) is 3.56. The van der Waals surface area contributed by atoms with Crippen LogP contribution in [0, 0.1) is 18.8 Å². The van der Waals surface area contributed by atoms with Gasteiger partial charge in [-0.3, -0.25) is 0 Å². The van der Waals surface area contributed by atoms with E-state index in [1.165, 1.54) is 38.5 Å². The van der Waals surface area contributed by atoms with E-state index in [2.05, 4.69) is 19.8 Å². The number of hydrogen-bond acceptors (Lipinski definition) is 0. The van der Waals surface area contributed by atoms with E-state index in [1.54, 1.807) is 0 Å². The minimum absolute atomic E-state index is 1.09. The van der Waals surface area contributed by atoms with Gasteiger partial charge in [0.15, 0.2) is 0 Å². The van der Waals surface area contributed by atoms with Crippen LogP contribution in [0.15, 0.2) is 0 Å². The number of rotatable bonds is 1. The van der Waals surface area contributed by atoms with E-state index >= 15 is 0 Å². The lowest BCUT2D eigenvalue weighted by molar-refractivity contribution is 0.349. The maximum atomic E-state index is 4.00. The minimum atomic E-state index is 1.09. The summed E-state index contributed by atoms with van der Waals surface area (Å²) >= 11 is 0. The molecule has 0 radical (unpaired) electrons. The van der Waals surface area contributed by atoms with Gasteiger partial charge >= 0.3 is 0 Å². The molecule has 1 rings (SSSR count). The van der Waals surface area contributed by atoms with Crippen LogP contribution in [-0.4, -0.2) is 0 Å². The van der Waals surface area contributed by atoms with Crippen molar-refractivity contribution in [1.82, 2.24) is 0 Å². The van der Waals surface area contributed by atoms with Gasteiger partial charge in [0.2, 0.25) is 0 Å². The molecule has 0 saturated heterocycles. The quantitative estimate of drug-likeness (QED) is 0.488. The van der Waals surface area contributed by atoms with Crippen LogP contribution < -0.4 is 0 Å². The van der Waals surface area contributed by atoms with Gasteiger partial charge in [0.05, 0.1) is 0 Å². The molecule has 0 aromatic carbocycles. The van der Waals surface area contributed by atoms with Crippen molar-refractivity contribution in [2.24, 2.45) is 5.92 Å². The van der Waals surface area contributed by atoms with E-state index in [9.17, 15) is 0 Å². The molecule has 0 bridgehead atoms. The van der Waals surface area contributed by atoms with Crippen LogP contribution >= 0.6 is 0 Å². The summed E-state index contributed by atoms with van der Waals surface area (Å²) < 4.78 is 0. The van der Waals surface area contributed by atoms with Crippen molar-refractivity contribution in [3.05, 3.63) is 0 Å². The van der Waals surface area contributed by atoms with Gasteiger partial charge < -0.3 is 0 Å². The molecule has 0 nitrogen and oxygen atoms in total. The zero-order chi connectivity index (χ0) is 7.82. The second-order valence-corrected chi connectivity index (χ2v) is 2.91. The zero-order valence-electron chi connectivity index (χ0n) is 6.97. The minimum Gasteiger partial charge on any atom is -0.124 e. The fourth-order valence-corrected chi connectivity index (χ4v) is 1.60. The summed E-state index contributed by atoms with van der Waals surface area (Å²) in [7, 11) is 0. The Bertz CT molecular complexity index is 75.3. The molecule has 1 saturated carbocycles. The molecule has 1 aliphatic carbocycles. The lowest BCUT2D eigenvalue weighted by Crippen LogP contribution is -2.03. The summed E-state index contributed by atoms with van der Waals surface area (Å²) in [6.45, 7) is 2.32. The highest BCUT2D eigenvalue weighted by Gasteiger charge is 2.09. The summed E-state index contributed by atoms with van der Waals surface area (Å²) in [4.78, 5) is 0. The van der Waals surface area contributed by atoms with Crippen molar-refractivity contribution in [2.75, 3.05) is 0 Å². The van der Waals surface area contributed by atoms with Crippen LogP contribution in [0.25, 0.3) is 0 Å². The second-order valence-electron chi connectivity index (χ2n) is 2.91. The van der Waals surface area contributed by atoms with Crippen LogP contribution in [0.3, 0.4) is 0 Å². The van der Waals surface area contributed by atoms with Gasteiger partial charge in [-0.25, -0.2) is 0 Å². The Morgan fingerprint density at radius 3 is 1.90 bits per heavy atom. The second kappa shape index (κ2) is 6.68. The van der Waals surface area contributed by atoms with Gasteiger partial charge in [0.1, 0.15) is 0 Å². The van der Waals surface area contributed by atoms with Crippen molar-refractivity contribution in [3.8, 4) is 12.8 Å². The van der Waals surface area contributed by atoms with Gasteiger partial charge in [-0.15, -0.1) is 12.8 Å². The molecule has 0 aromatic heterocycles. The van der Waals surface area contributed by atoms with E-state index in [-0.39, 0.29) is 0 Å². The first-order valence-corrected chi connectivity index (χ1v) is 4.27. The first kappa shape index (κ1) is 9.56. The highest BCUT2D eigenvalue weighted by atomic mass is 14.2. The highest BCUT2D eigenvalue weighted by molar-refractivity contribution is 4.63. The summed E-state index contributed by atoms with van der Waals surface area (Å²) in [5, 5.41) is 0. The molecule has 0 atom stereocenters. The molecule has 10 heavy (non-hydrogen) atoms. The molecular weight excluding hydrogens is 120 g/mol. The smallest absolute Gasteiger partial charge is 0.0417 e. The zero-order valence-corrected chi connectivity index (χ0v) is 6.97. The predicted molar refractivity (Wildman–Crippen MR) is 46.8 cm³/mol. The molecule has 0 heterocycles. The molecule has 0 heteroatoms. The molecule has 0 aliphatic heterocycles. The maximum absolute atomic E-state index is 4.00. The van der Waals surface area contributed by atoms with Gasteiger partial charge in [-0.2, -0.15) is 0 Å². The Kier molecular flexibility index (Phi) is 6.38. The monoisotopic (exact) mass is 138 g/mol. The van der Waals surface area contributed by atoms with E-state index in [0.29, 0.717) is 0 Å². The Balaban J connectivity index is 0.000000371. The van der Waals surface area contributed by atoms with E-state index in [1.807, 2.05) is 0 Å². The molecule has 0 spiro atoms. The van der Waals surface area contributed by atoms with Crippen LogP contribution in [0.2, 0.25) is 0 Å². The molecule has 0 aromatic rings. The summed E-state index contributed by atoms with van der Waals surface area (Å²) in [5.41, 5.74) is 0. The lowest BCUT2D eigenvalue weighted by Gasteiger charge is -2.18. The molecule has 0 N–H and O–H groups in total. The van der Waals surface area contributed by atoms with Gasteiger partial charge in [0.25, 0.3) is 0 Å². The molecule has 1 aliphatic rings. The lowest BCUT2D eigenvalue weighted by atomic mass is 9.88. The molecule has 1 fully saturated rings. The first-order chi connectivity index (χ1) is 4.93. The Hall–Kier alpha value is -0.440. The molecule has 0 amide bonds. The van der Waals surface area contributed by atoms with Crippen molar-refractivity contribution >= 4 is 0 Å². The summed E-state index contributed by atoms with van der Waals surface area (Å²) in [5.74, 6) is 1.09. The average molecular weight is 138 g/mol. The normalized spacial score (nSPS) is 19.1. The van der Waals surface area contributed by atoms with E-state index in [0.717, 1.165) is 5.92 Å². The van der Waals surface area contributed by atoms with Crippen molar-refractivity contribution in [1.29, 1.82) is 0 Å². The maximum Gasteiger partial charge on any atom is -0.0417 e. The van der Waals surface area contributed by atoms with Crippen LogP contribution in [0.1, 0.15) is 45.4 Å². The third-order valence-electron chi connectivity index (χ3n) is 2.30. The fourth-order valence-electron chi connectivity index (χ4n) is 1.60. The SMILES string of the molecule is C#C.CCC1CCCCC1. The van der Waals surface area contributed by atoms with Crippen LogP contribution in [-0.2, 0) is 0 Å². The Morgan fingerprint density at radius 2 is 1.60 bits per heavy atom. The van der Waals surface area contributed by atoms with Gasteiger partial charge in [-0.05, 0) is 5.92 Å². The van der Waals surface area contributed by atoms with Crippen molar-refractivity contribution < 1.29 is 0 Å². The number of hydrogen-bond donors (Lipinski definition) is 0. The van der Waals surface area contributed by atoms with Crippen molar-refractivity contribution in [3.63, 3.8) is 0 Å². The molecule has 0 unspecified atom stereocenters. The fraction of sp³-hybridized carbons (Fsp3) is 0.800. The predicted octanol–water partition coefficient (Wildman–Crippen LogP) is 3.23. The van der Waals surface area contributed by atoms with E-state index < -0.39 is 0 Å². The van der Waals surface area contributed by atoms with Crippen LogP contribution in [0.5, 0.6) is 0 Å². The third-order valence-corrected chi connectivity index (χ3v) is 2.30. The Labute approximate surface area is 65.0 Å². The first-order valence-electron chi connectivity index (χ1n) is 4.27.